The van der Waals surface area contributed by atoms with Gasteiger partial charge in [0.05, 0.1) is 37.1 Å². The molecule has 0 radical (unpaired) electrons. The van der Waals surface area contributed by atoms with Crippen LogP contribution in [0.5, 0.6) is 0 Å². The van der Waals surface area contributed by atoms with Gasteiger partial charge in [-0.2, -0.15) is 0 Å². The van der Waals surface area contributed by atoms with Gasteiger partial charge in [-0.05, 0) is 49.6 Å². The molecule has 2 unspecified atom stereocenters. The smallest absolute Gasteiger partial charge is 0.224 e. The van der Waals surface area contributed by atoms with Gasteiger partial charge in [-0.1, -0.05) is 12.1 Å². The molecule has 6 heteroatoms. The fourth-order valence-electron chi connectivity index (χ4n) is 4.74. The summed E-state index contributed by atoms with van der Waals surface area (Å²) in [5.74, 6) is 0.0975. The average Bonchev–Trinajstić information content (AvgIpc) is 3.46. The molecule has 2 aromatic rings. The number of amides is 1. The molecule has 152 valence electrons. The normalized spacial score (nSPS) is 25.6. The fourth-order valence-corrected chi connectivity index (χ4v) is 4.74. The second kappa shape index (κ2) is 7.67. The van der Waals surface area contributed by atoms with E-state index in [1.165, 1.54) is 5.69 Å². The van der Waals surface area contributed by atoms with E-state index in [-0.39, 0.29) is 11.9 Å². The highest BCUT2D eigenvalue weighted by Gasteiger charge is 2.38. The number of benzene rings is 1. The lowest BCUT2D eigenvalue weighted by Crippen LogP contribution is -2.38. The third-order valence-electron chi connectivity index (χ3n) is 6.35. The largest absolute Gasteiger partial charge is 0.374 e. The number of carbonyl (C=O) groups is 1. The summed E-state index contributed by atoms with van der Waals surface area (Å²) in [4.78, 5) is 21.6. The van der Waals surface area contributed by atoms with Crippen LogP contribution in [0.3, 0.4) is 0 Å². The Morgan fingerprint density at radius 1 is 1.17 bits per heavy atom. The maximum Gasteiger partial charge on any atom is 0.224 e. The van der Waals surface area contributed by atoms with Crippen molar-refractivity contribution in [2.24, 2.45) is 0 Å². The van der Waals surface area contributed by atoms with Gasteiger partial charge in [0.1, 0.15) is 0 Å². The summed E-state index contributed by atoms with van der Waals surface area (Å²) in [5.41, 5.74) is 4.45. The summed E-state index contributed by atoms with van der Waals surface area (Å²) in [6.45, 7) is 5.61. The molecule has 3 aliphatic rings. The first-order valence-electron chi connectivity index (χ1n) is 10.6. The van der Waals surface area contributed by atoms with Gasteiger partial charge >= 0.3 is 0 Å². The number of fused-ring (bicyclic) bond motifs is 2. The molecule has 3 atom stereocenters. The zero-order chi connectivity index (χ0) is 19.8. The van der Waals surface area contributed by atoms with Crippen LogP contribution in [0.25, 0.3) is 0 Å². The molecule has 3 aliphatic heterocycles. The Bertz CT molecular complexity index is 867. The van der Waals surface area contributed by atoms with E-state index in [2.05, 4.69) is 50.4 Å². The number of hydrogen-bond acceptors (Lipinski definition) is 5. The first kappa shape index (κ1) is 18.4. The van der Waals surface area contributed by atoms with E-state index in [9.17, 15) is 4.79 Å². The van der Waals surface area contributed by atoms with Crippen molar-refractivity contribution in [2.75, 3.05) is 36.0 Å². The molecule has 3 saturated heterocycles. The zero-order valence-corrected chi connectivity index (χ0v) is 16.9. The maximum absolute atomic E-state index is 12.5. The van der Waals surface area contributed by atoms with Crippen molar-refractivity contribution < 1.29 is 9.53 Å². The topological polar surface area (TPSA) is 57.7 Å². The first-order valence-corrected chi connectivity index (χ1v) is 10.6. The Balaban J connectivity index is 1.13. The average molecular weight is 393 g/mol. The molecule has 1 amide bonds. The monoisotopic (exact) mass is 392 g/mol. The van der Waals surface area contributed by atoms with E-state index in [1.807, 2.05) is 19.2 Å². The first-order chi connectivity index (χ1) is 14.1. The standard InChI is InChI=1S/C23H28N4O2/c1-16-2-5-20(12-24-16)26-9-8-18(13-26)25-23(28)10-17-3-6-19(7-4-17)27-14-22-11-21(27)15-29-22/h2-7,12,18,21-22H,8-11,13-15H2,1H3,(H,25,28)/t18-,21?,22?/m1/s1. The van der Waals surface area contributed by atoms with Crippen molar-refractivity contribution in [2.45, 2.75) is 44.4 Å². The van der Waals surface area contributed by atoms with Crippen molar-refractivity contribution >= 4 is 17.3 Å². The van der Waals surface area contributed by atoms with Crippen LogP contribution in [-0.4, -0.2) is 55.3 Å². The summed E-state index contributed by atoms with van der Waals surface area (Å²) in [6.07, 6.45) is 4.85. The molecule has 5 rings (SSSR count). The molecule has 1 aromatic carbocycles. The number of ether oxygens (including phenoxy) is 1. The van der Waals surface area contributed by atoms with Crippen molar-refractivity contribution in [3.8, 4) is 0 Å². The Morgan fingerprint density at radius 3 is 2.69 bits per heavy atom. The lowest BCUT2D eigenvalue weighted by molar-refractivity contribution is -0.121. The van der Waals surface area contributed by atoms with Gasteiger partial charge in [-0.15, -0.1) is 0 Å². The van der Waals surface area contributed by atoms with E-state index in [0.29, 0.717) is 18.6 Å². The SMILES string of the molecule is Cc1ccc(N2CC[C@@H](NC(=O)Cc3ccc(N4CC5CC4CO5)cc3)C2)cn1. The van der Waals surface area contributed by atoms with Crippen LogP contribution in [0, 0.1) is 6.92 Å². The van der Waals surface area contributed by atoms with Gasteiger partial charge in [-0.3, -0.25) is 9.78 Å². The highest BCUT2D eigenvalue weighted by molar-refractivity contribution is 5.79. The number of nitrogens with one attached hydrogen (secondary N) is 1. The molecule has 0 aliphatic carbocycles. The molecule has 6 nitrogen and oxygen atoms in total. The summed E-state index contributed by atoms with van der Waals surface area (Å²) in [5, 5.41) is 3.20. The van der Waals surface area contributed by atoms with E-state index in [0.717, 1.165) is 56.0 Å². The summed E-state index contributed by atoms with van der Waals surface area (Å²) in [7, 11) is 0. The molecule has 29 heavy (non-hydrogen) atoms. The Labute approximate surface area is 171 Å². The third-order valence-corrected chi connectivity index (χ3v) is 6.35. The molecule has 2 bridgehead atoms. The van der Waals surface area contributed by atoms with Gasteiger partial charge in [0.25, 0.3) is 0 Å². The Hall–Kier alpha value is -2.60. The quantitative estimate of drug-likeness (QED) is 0.846. The fraction of sp³-hybridized carbons (Fsp3) is 0.478. The van der Waals surface area contributed by atoms with E-state index in [4.69, 9.17) is 4.74 Å². The van der Waals surface area contributed by atoms with Crippen LogP contribution in [-0.2, 0) is 16.0 Å². The van der Waals surface area contributed by atoms with Crippen molar-refractivity contribution in [1.29, 1.82) is 0 Å². The zero-order valence-electron chi connectivity index (χ0n) is 16.9. The minimum atomic E-state index is 0.0975. The Kier molecular flexibility index (Phi) is 4.87. The van der Waals surface area contributed by atoms with E-state index >= 15 is 0 Å². The number of rotatable bonds is 5. The van der Waals surface area contributed by atoms with Crippen LogP contribution >= 0.6 is 0 Å². The predicted molar refractivity (Wildman–Crippen MR) is 113 cm³/mol. The van der Waals surface area contributed by atoms with Crippen LogP contribution in [0.4, 0.5) is 11.4 Å². The second-order valence-electron chi connectivity index (χ2n) is 8.50. The number of nitrogens with zero attached hydrogens (tertiary/aromatic N) is 3. The number of morpholine rings is 1. The molecule has 1 aromatic heterocycles. The number of aromatic nitrogens is 1. The number of anilines is 2. The molecule has 0 saturated carbocycles. The summed E-state index contributed by atoms with van der Waals surface area (Å²) < 4.78 is 5.68. The summed E-state index contributed by atoms with van der Waals surface area (Å²) in [6, 6.07) is 13.3. The van der Waals surface area contributed by atoms with Gasteiger partial charge in [0.2, 0.25) is 5.91 Å². The number of hydrogen-bond donors (Lipinski definition) is 1. The van der Waals surface area contributed by atoms with E-state index in [1.54, 1.807) is 0 Å². The van der Waals surface area contributed by atoms with Crippen LogP contribution in [0.1, 0.15) is 24.1 Å². The third kappa shape index (κ3) is 3.94. The molecular weight excluding hydrogens is 364 g/mol. The number of carbonyl (C=O) groups excluding carboxylic acids is 1. The number of aryl methyl sites for hydroxylation is 1. The van der Waals surface area contributed by atoms with Gasteiger partial charge in [-0.25, -0.2) is 0 Å². The molecule has 4 heterocycles. The second-order valence-corrected chi connectivity index (χ2v) is 8.50. The molecular formula is C23H28N4O2. The number of pyridine rings is 1. The minimum Gasteiger partial charge on any atom is -0.374 e. The lowest BCUT2D eigenvalue weighted by Gasteiger charge is -2.29. The predicted octanol–water partition coefficient (Wildman–Crippen LogP) is 2.31. The van der Waals surface area contributed by atoms with Gasteiger partial charge in [0, 0.05) is 37.1 Å². The molecule has 1 N–H and O–H groups in total. The van der Waals surface area contributed by atoms with Crippen molar-refractivity contribution in [1.82, 2.24) is 10.3 Å². The highest BCUT2D eigenvalue weighted by atomic mass is 16.5. The summed E-state index contributed by atoms with van der Waals surface area (Å²) >= 11 is 0. The molecule has 0 spiro atoms. The maximum atomic E-state index is 12.5. The lowest BCUT2D eigenvalue weighted by atomic mass is 10.1. The van der Waals surface area contributed by atoms with E-state index < -0.39 is 0 Å². The highest BCUT2D eigenvalue weighted by Crippen LogP contribution is 2.32. The Morgan fingerprint density at radius 2 is 2.00 bits per heavy atom. The van der Waals surface area contributed by atoms with Crippen LogP contribution in [0.15, 0.2) is 42.6 Å². The van der Waals surface area contributed by atoms with Crippen LogP contribution in [0.2, 0.25) is 0 Å². The van der Waals surface area contributed by atoms with Gasteiger partial charge in [0.15, 0.2) is 0 Å². The van der Waals surface area contributed by atoms with Crippen molar-refractivity contribution in [3.05, 3.63) is 53.9 Å². The van der Waals surface area contributed by atoms with Crippen molar-refractivity contribution in [3.63, 3.8) is 0 Å². The van der Waals surface area contributed by atoms with Crippen LogP contribution < -0.4 is 15.1 Å². The molecule has 3 fully saturated rings. The minimum absolute atomic E-state index is 0.0975. The van der Waals surface area contributed by atoms with Gasteiger partial charge < -0.3 is 19.9 Å².